The first-order valence-corrected chi connectivity index (χ1v) is 12.9. The zero-order valence-electron chi connectivity index (χ0n) is 20.2. The molecule has 7 nitrogen and oxygen atoms in total. The molecule has 1 N–H and O–H groups in total. The Hall–Kier alpha value is -4.27. The van der Waals surface area contributed by atoms with Crippen molar-refractivity contribution in [2.75, 3.05) is 18.5 Å². The molecule has 9 heteroatoms. The average Bonchev–Trinajstić information content (AvgIpc) is 3.35. The topological polar surface area (TPSA) is 98.8 Å². The highest BCUT2D eigenvalue weighted by molar-refractivity contribution is 7.15. The number of nitrogens with one attached hydrogen (secondary N) is 1. The molecule has 0 spiro atoms. The summed E-state index contributed by atoms with van der Waals surface area (Å²) < 4.78 is 10.4. The molecule has 3 aromatic carbocycles. The van der Waals surface area contributed by atoms with Crippen molar-refractivity contribution < 1.29 is 28.7 Å². The maximum atomic E-state index is 12.9. The third kappa shape index (κ3) is 5.99. The summed E-state index contributed by atoms with van der Waals surface area (Å²) in [6.07, 6.45) is 0. The van der Waals surface area contributed by atoms with Crippen molar-refractivity contribution in [1.82, 2.24) is 0 Å². The zero-order valence-corrected chi connectivity index (χ0v) is 21.8. The van der Waals surface area contributed by atoms with Gasteiger partial charge in [0.1, 0.15) is 10.6 Å². The fourth-order valence-corrected chi connectivity index (χ4v) is 4.91. The number of rotatable bonds is 9. The van der Waals surface area contributed by atoms with E-state index in [1.165, 1.54) is 12.1 Å². The Balaban J connectivity index is 1.50. The summed E-state index contributed by atoms with van der Waals surface area (Å²) in [5, 5.41) is 4.99. The third-order valence-electron chi connectivity index (χ3n) is 5.45. The molecule has 1 aromatic heterocycles. The van der Waals surface area contributed by atoms with Gasteiger partial charge in [-0.15, -0.1) is 11.3 Å². The van der Waals surface area contributed by atoms with Gasteiger partial charge in [-0.25, -0.2) is 9.59 Å². The van der Waals surface area contributed by atoms with Crippen molar-refractivity contribution in [3.63, 3.8) is 0 Å². The number of carbonyl (C=O) groups is 4. The lowest BCUT2D eigenvalue weighted by molar-refractivity contribution is -0.119. The number of anilines is 1. The normalized spacial score (nSPS) is 10.5. The van der Waals surface area contributed by atoms with Crippen LogP contribution < -0.4 is 5.32 Å². The van der Waals surface area contributed by atoms with E-state index in [4.69, 9.17) is 21.1 Å². The summed E-state index contributed by atoms with van der Waals surface area (Å²) in [4.78, 5) is 51.2. The summed E-state index contributed by atoms with van der Waals surface area (Å²) >= 11 is 7.45. The molecule has 0 aliphatic heterocycles. The van der Waals surface area contributed by atoms with Gasteiger partial charge < -0.3 is 14.8 Å². The number of halogens is 1. The quantitative estimate of drug-likeness (QED) is 0.196. The minimum atomic E-state index is -0.825. The molecule has 192 valence electrons. The van der Waals surface area contributed by atoms with Gasteiger partial charge in [0, 0.05) is 32.7 Å². The molecule has 1 amide bonds. The van der Waals surface area contributed by atoms with Crippen LogP contribution in [0.2, 0.25) is 5.02 Å². The largest absolute Gasteiger partial charge is 0.462 e. The summed E-state index contributed by atoms with van der Waals surface area (Å²) in [6, 6.07) is 21.8. The summed E-state index contributed by atoms with van der Waals surface area (Å²) in [6.45, 7) is 1.19. The molecular weight excluding hydrogens is 526 g/mol. The van der Waals surface area contributed by atoms with E-state index in [2.05, 4.69) is 5.32 Å². The first kappa shape index (κ1) is 26.8. The average molecular weight is 548 g/mol. The monoisotopic (exact) mass is 547 g/mol. The first-order valence-electron chi connectivity index (χ1n) is 11.6. The van der Waals surface area contributed by atoms with Crippen LogP contribution in [-0.2, 0) is 14.3 Å². The lowest BCUT2D eigenvalue weighted by Crippen LogP contribution is -2.22. The molecule has 4 aromatic rings. The number of hydrogen-bond donors (Lipinski definition) is 1. The van der Waals surface area contributed by atoms with Gasteiger partial charge in [0.05, 0.1) is 12.2 Å². The molecule has 1 heterocycles. The number of ether oxygens (including phenoxy) is 2. The van der Waals surface area contributed by atoms with Gasteiger partial charge in [0.2, 0.25) is 0 Å². The van der Waals surface area contributed by atoms with Crippen LogP contribution in [0, 0.1) is 0 Å². The van der Waals surface area contributed by atoms with E-state index in [1.54, 1.807) is 79.0 Å². The summed E-state index contributed by atoms with van der Waals surface area (Å²) in [7, 11) is 0. The van der Waals surface area contributed by atoms with E-state index in [1.807, 2.05) is 0 Å². The van der Waals surface area contributed by atoms with Crippen molar-refractivity contribution in [3.8, 4) is 11.1 Å². The molecule has 0 bridgehead atoms. The van der Waals surface area contributed by atoms with E-state index in [0.717, 1.165) is 11.3 Å². The van der Waals surface area contributed by atoms with Crippen LogP contribution in [0.15, 0.2) is 84.2 Å². The molecule has 0 saturated heterocycles. The number of benzene rings is 3. The van der Waals surface area contributed by atoms with Gasteiger partial charge in [0.15, 0.2) is 12.4 Å². The molecule has 4 rings (SSSR count). The van der Waals surface area contributed by atoms with Crippen LogP contribution in [0.3, 0.4) is 0 Å². The van der Waals surface area contributed by atoms with Crippen LogP contribution in [0.25, 0.3) is 11.1 Å². The second-order valence-corrected chi connectivity index (χ2v) is 9.21. The minimum absolute atomic E-state index is 0.0403. The van der Waals surface area contributed by atoms with Crippen molar-refractivity contribution in [2.45, 2.75) is 6.92 Å². The highest BCUT2D eigenvalue weighted by atomic mass is 35.5. The zero-order chi connectivity index (χ0) is 27.1. The predicted octanol–water partition coefficient (Wildman–Crippen LogP) is 6.27. The molecular formula is C29H22ClNO6S. The second kappa shape index (κ2) is 12.3. The van der Waals surface area contributed by atoms with Gasteiger partial charge in [-0.3, -0.25) is 9.59 Å². The number of carbonyl (C=O) groups excluding carboxylic acids is 4. The Morgan fingerprint density at radius 1 is 0.789 bits per heavy atom. The Morgan fingerprint density at radius 2 is 1.45 bits per heavy atom. The van der Waals surface area contributed by atoms with Gasteiger partial charge in [0.25, 0.3) is 5.91 Å². The van der Waals surface area contributed by atoms with E-state index in [9.17, 15) is 19.2 Å². The van der Waals surface area contributed by atoms with Crippen LogP contribution >= 0.6 is 22.9 Å². The highest BCUT2D eigenvalue weighted by Crippen LogP contribution is 2.39. The second-order valence-electron chi connectivity index (χ2n) is 7.92. The molecule has 38 heavy (non-hydrogen) atoms. The number of hydrogen-bond acceptors (Lipinski definition) is 7. The highest BCUT2D eigenvalue weighted by Gasteiger charge is 2.25. The van der Waals surface area contributed by atoms with Crippen LogP contribution in [0.4, 0.5) is 5.00 Å². The minimum Gasteiger partial charge on any atom is -0.462 e. The van der Waals surface area contributed by atoms with Crippen molar-refractivity contribution >= 4 is 51.6 Å². The first-order chi connectivity index (χ1) is 18.4. The Bertz CT molecular complexity index is 1500. The summed E-state index contributed by atoms with van der Waals surface area (Å²) in [5.74, 6) is -2.45. The maximum Gasteiger partial charge on any atom is 0.341 e. The molecule has 0 aliphatic carbocycles. The lowest BCUT2D eigenvalue weighted by Gasteiger charge is -2.11. The van der Waals surface area contributed by atoms with E-state index >= 15 is 0 Å². The fourth-order valence-electron chi connectivity index (χ4n) is 3.71. The number of ketones is 1. The van der Waals surface area contributed by atoms with Crippen LogP contribution in [0.5, 0.6) is 0 Å². The van der Waals surface area contributed by atoms with E-state index in [-0.39, 0.29) is 34.1 Å². The van der Waals surface area contributed by atoms with Gasteiger partial charge in [-0.05, 0) is 19.1 Å². The Morgan fingerprint density at radius 3 is 2.16 bits per heavy atom. The molecule has 0 fully saturated rings. The summed E-state index contributed by atoms with van der Waals surface area (Å²) in [5.41, 5.74) is 1.90. The molecule has 0 radical (unpaired) electrons. The molecule has 0 aliphatic rings. The maximum absolute atomic E-state index is 12.9. The van der Waals surface area contributed by atoms with Gasteiger partial charge in [-0.2, -0.15) is 0 Å². The Kier molecular flexibility index (Phi) is 8.68. The fraction of sp³-hybridized carbons (Fsp3) is 0.103. The number of amides is 1. The standard InChI is InChI=1S/C29H22ClNO6S/c1-2-36-29(35)25-22(19-12-8-9-15-23(19)30)17-38-27(25)31-24(32)16-37-28(34)21-14-7-6-13-20(21)26(33)18-10-4-3-5-11-18/h3-15,17H,2,16H2,1H3,(H,31,32). The van der Waals surface area contributed by atoms with Crippen LogP contribution in [-0.4, -0.2) is 36.8 Å². The third-order valence-corrected chi connectivity index (χ3v) is 6.67. The van der Waals surface area contributed by atoms with E-state index in [0.29, 0.717) is 21.7 Å². The smallest absolute Gasteiger partial charge is 0.341 e. The molecule has 0 unspecified atom stereocenters. The lowest BCUT2D eigenvalue weighted by atomic mass is 9.98. The van der Waals surface area contributed by atoms with Gasteiger partial charge >= 0.3 is 11.9 Å². The molecule has 0 atom stereocenters. The predicted molar refractivity (Wildman–Crippen MR) is 146 cm³/mol. The van der Waals surface area contributed by atoms with Crippen LogP contribution in [0.1, 0.15) is 43.6 Å². The van der Waals surface area contributed by atoms with Crippen molar-refractivity contribution in [1.29, 1.82) is 0 Å². The Labute approximate surface area is 228 Å². The number of esters is 2. The SMILES string of the molecule is CCOC(=O)c1c(-c2ccccc2Cl)csc1NC(=O)COC(=O)c1ccccc1C(=O)c1ccccc1. The van der Waals surface area contributed by atoms with Gasteiger partial charge in [-0.1, -0.05) is 78.3 Å². The van der Waals surface area contributed by atoms with Crippen molar-refractivity contribution in [3.05, 3.63) is 112 Å². The molecule has 0 saturated carbocycles. The van der Waals surface area contributed by atoms with Crippen molar-refractivity contribution in [2.24, 2.45) is 0 Å². The van der Waals surface area contributed by atoms with E-state index < -0.39 is 24.5 Å². The number of thiophene rings is 1.